The molecular formula is C19H18FN3O3. The van der Waals surface area contributed by atoms with E-state index in [2.05, 4.69) is 15.5 Å². The number of ether oxygens (including phenoxy) is 2. The molecule has 7 heteroatoms. The van der Waals surface area contributed by atoms with Crippen molar-refractivity contribution in [3.8, 4) is 22.8 Å². The third kappa shape index (κ3) is 3.51. The lowest BCUT2D eigenvalue weighted by atomic mass is 10.1. The number of H-pyrrole nitrogens is 1. The Bertz CT molecular complexity index is 953. The normalized spacial score (nSPS) is 10.5. The lowest BCUT2D eigenvalue weighted by Gasteiger charge is -2.08. The summed E-state index contributed by atoms with van der Waals surface area (Å²) >= 11 is 0. The number of aromatic amines is 1. The van der Waals surface area contributed by atoms with Gasteiger partial charge in [0.2, 0.25) is 0 Å². The van der Waals surface area contributed by atoms with Crippen LogP contribution in [0.15, 0.2) is 42.5 Å². The minimum absolute atomic E-state index is 0.278. The van der Waals surface area contributed by atoms with Gasteiger partial charge in [-0.2, -0.15) is 5.10 Å². The number of halogens is 1. The molecule has 1 amide bonds. The first-order valence-electron chi connectivity index (χ1n) is 7.87. The van der Waals surface area contributed by atoms with Gasteiger partial charge in [-0.3, -0.25) is 9.89 Å². The first kappa shape index (κ1) is 17.5. The predicted molar refractivity (Wildman–Crippen MR) is 96.2 cm³/mol. The third-order valence-electron chi connectivity index (χ3n) is 3.92. The van der Waals surface area contributed by atoms with E-state index in [1.165, 1.54) is 12.1 Å². The highest BCUT2D eigenvalue weighted by molar-refractivity contribution is 6.03. The number of carbonyl (C=O) groups is 1. The van der Waals surface area contributed by atoms with Crippen LogP contribution >= 0.6 is 0 Å². The highest BCUT2D eigenvalue weighted by atomic mass is 19.1. The number of benzene rings is 2. The van der Waals surface area contributed by atoms with Gasteiger partial charge < -0.3 is 14.8 Å². The van der Waals surface area contributed by atoms with Gasteiger partial charge in [0.05, 0.1) is 19.9 Å². The van der Waals surface area contributed by atoms with E-state index in [0.717, 1.165) is 5.56 Å². The van der Waals surface area contributed by atoms with Crippen LogP contribution in [0.3, 0.4) is 0 Å². The van der Waals surface area contributed by atoms with E-state index in [4.69, 9.17) is 9.47 Å². The highest BCUT2D eigenvalue weighted by Crippen LogP contribution is 2.32. The van der Waals surface area contributed by atoms with Crippen molar-refractivity contribution in [1.82, 2.24) is 10.2 Å². The van der Waals surface area contributed by atoms with Gasteiger partial charge >= 0.3 is 0 Å². The Morgan fingerprint density at radius 2 is 1.92 bits per heavy atom. The maximum atomic E-state index is 13.3. The Labute approximate surface area is 150 Å². The Balaban J connectivity index is 1.83. The molecule has 134 valence electrons. The fourth-order valence-corrected chi connectivity index (χ4v) is 2.51. The number of amides is 1. The number of nitrogens with one attached hydrogen (secondary N) is 2. The molecular weight excluding hydrogens is 337 g/mol. The van der Waals surface area contributed by atoms with E-state index in [9.17, 15) is 9.18 Å². The minimum atomic E-state index is -0.373. The van der Waals surface area contributed by atoms with Gasteiger partial charge in [-0.05, 0) is 48.9 Å². The number of hydrogen-bond acceptors (Lipinski definition) is 4. The van der Waals surface area contributed by atoms with Gasteiger partial charge in [0.1, 0.15) is 23.0 Å². The van der Waals surface area contributed by atoms with Crippen molar-refractivity contribution in [2.75, 3.05) is 19.5 Å². The molecule has 0 atom stereocenters. The van der Waals surface area contributed by atoms with Gasteiger partial charge in [0.25, 0.3) is 5.91 Å². The van der Waals surface area contributed by atoms with Crippen molar-refractivity contribution < 1.29 is 18.7 Å². The summed E-state index contributed by atoms with van der Waals surface area (Å²) in [6.45, 7) is 1.63. The van der Waals surface area contributed by atoms with Crippen molar-refractivity contribution in [2.24, 2.45) is 0 Å². The van der Waals surface area contributed by atoms with Crippen LogP contribution in [-0.4, -0.2) is 30.3 Å². The van der Waals surface area contributed by atoms with Gasteiger partial charge in [-0.25, -0.2) is 4.39 Å². The van der Waals surface area contributed by atoms with Crippen LogP contribution in [0.25, 0.3) is 11.3 Å². The monoisotopic (exact) mass is 355 g/mol. The Morgan fingerprint density at radius 1 is 1.12 bits per heavy atom. The van der Waals surface area contributed by atoms with Crippen LogP contribution < -0.4 is 14.8 Å². The number of aryl methyl sites for hydroxylation is 1. The Kier molecular flexibility index (Phi) is 4.88. The van der Waals surface area contributed by atoms with Crippen LogP contribution in [-0.2, 0) is 0 Å². The van der Waals surface area contributed by atoms with E-state index in [-0.39, 0.29) is 17.4 Å². The molecule has 26 heavy (non-hydrogen) atoms. The van der Waals surface area contributed by atoms with Crippen LogP contribution in [0.4, 0.5) is 10.1 Å². The molecule has 0 spiro atoms. The maximum absolute atomic E-state index is 13.3. The Morgan fingerprint density at radius 3 is 2.62 bits per heavy atom. The third-order valence-corrected chi connectivity index (χ3v) is 3.92. The summed E-state index contributed by atoms with van der Waals surface area (Å²) in [5.74, 6) is 0.545. The molecule has 1 aromatic heterocycles. The van der Waals surface area contributed by atoms with Gasteiger partial charge in [-0.15, -0.1) is 0 Å². The zero-order chi connectivity index (χ0) is 18.7. The van der Waals surface area contributed by atoms with E-state index in [0.29, 0.717) is 28.4 Å². The van der Waals surface area contributed by atoms with Crippen molar-refractivity contribution in [1.29, 1.82) is 0 Å². The van der Waals surface area contributed by atoms with Gasteiger partial charge in [0.15, 0.2) is 0 Å². The van der Waals surface area contributed by atoms with E-state index >= 15 is 0 Å². The van der Waals surface area contributed by atoms with Gasteiger partial charge in [-0.1, -0.05) is 0 Å². The lowest BCUT2D eigenvalue weighted by molar-refractivity contribution is 0.102. The maximum Gasteiger partial charge on any atom is 0.273 e. The lowest BCUT2D eigenvalue weighted by Crippen LogP contribution is -2.12. The number of methoxy groups -OCH3 is 2. The molecule has 2 aromatic carbocycles. The molecule has 1 heterocycles. The largest absolute Gasteiger partial charge is 0.497 e. The van der Waals surface area contributed by atoms with Crippen molar-refractivity contribution in [3.63, 3.8) is 0 Å². The van der Waals surface area contributed by atoms with Crippen molar-refractivity contribution in [2.45, 2.75) is 6.92 Å². The van der Waals surface area contributed by atoms with E-state index < -0.39 is 0 Å². The van der Waals surface area contributed by atoms with Crippen LogP contribution in [0.2, 0.25) is 0 Å². The van der Waals surface area contributed by atoms with E-state index in [1.54, 1.807) is 51.5 Å². The second-order valence-electron chi connectivity index (χ2n) is 5.65. The molecule has 0 unspecified atom stereocenters. The number of hydrogen-bond donors (Lipinski definition) is 2. The second kappa shape index (κ2) is 7.26. The summed E-state index contributed by atoms with van der Waals surface area (Å²) in [6, 6.07) is 11.3. The standard InChI is InChI=1S/C19H18FN3O3/c1-11-8-12(4-7-15(11)20)21-19(24)17-10-16(22-23-17)14-6-5-13(25-2)9-18(14)26-3/h4-10H,1-3H3,(H,21,24)(H,22,23). The molecule has 0 fully saturated rings. The summed E-state index contributed by atoms with van der Waals surface area (Å²) in [6.07, 6.45) is 0. The van der Waals surface area contributed by atoms with Crippen molar-refractivity contribution in [3.05, 3.63) is 59.5 Å². The van der Waals surface area contributed by atoms with Gasteiger partial charge in [0, 0.05) is 17.3 Å². The summed E-state index contributed by atoms with van der Waals surface area (Å²) in [5.41, 5.74) is 2.52. The molecule has 0 aliphatic rings. The topological polar surface area (TPSA) is 76.2 Å². The summed E-state index contributed by atoms with van der Waals surface area (Å²) in [7, 11) is 3.12. The zero-order valence-electron chi connectivity index (χ0n) is 14.6. The SMILES string of the molecule is COc1ccc(-c2cc(C(=O)Nc3ccc(F)c(C)c3)[nH]n2)c(OC)c1. The zero-order valence-corrected chi connectivity index (χ0v) is 14.6. The molecule has 0 aliphatic heterocycles. The van der Waals surface area contributed by atoms with E-state index in [1.807, 2.05) is 0 Å². The second-order valence-corrected chi connectivity index (χ2v) is 5.65. The molecule has 0 aliphatic carbocycles. The smallest absolute Gasteiger partial charge is 0.273 e. The predicted octanol–water partition coefficient (Wildman–Crippen LogP) is 3.79. The summed E-state index contributed by atoms with van der Waals surface area (Å²) in [4.78, 5) is 12.4. The molecule has 2 N–H and O–H groups in total. The molecule has 3 rings (SSSR count). The average molecular weight is 355 g/mol. The van der Waals surface area contributed by atoms with Crippen molar-refractivity contribution >= 4 is 11.6 Å². The molecule has 0 saturated carbocycles. The minimum Gasteiger partial charge on any atom is -0.497 e. The molecule has 6 nitrogen and oxygen atoms in total. The molecule has 0 saturated heterocycles. The number of nitrogens with zero attached hydrogens (tertiary/aromatic N) is 1. The molecule has 3 aromatic rings. The van der Waals surface area contributed by atoms with Crippen LogP contribution in [0.5, 0.6) is 11.5 Å². The number of aromatic nitrogens is 2. The first-order valence-corrected chi connectivity index (χ1v) is 7.87. The number of rotatable bonds is 5. The summed E-state index contributed by atoms with van der Waals surface area (Å²) < 4.78 is 23.9. The fourth-order valence-electron chi connectivity index (χ4n) is 2.51. The fraction of sp³-hybridized carbons (Fsp3) is 0.158. The Hall–Kier alpha value is -3.35. The summed E-state index contributed by atoms with van der Waals surface area (Å²) in [5, 5.41) is 9.60. The molecule has 0 radical (unpaired) electrons. The molecule has 0 bridgehead atoms. The number of carbonyl (C=O) groups excluding carboxylic acids is 1. The first-order chi connectivity index (χ1) is 12.5. The quantitative estimate of drug-likeness (QED) is 0.730. The van der Waals surface area contributed by atoms with Crippen LogP contribution in [0.1, 0.15) is 16.1 Å². The average Bonchev–Trinajstić information content (AvgIpc) is 3.14. The highest BCUT2D eigenvalue weighted by Gasteiger charge is 2.15. The number of anilines is 1. The van der Waals surface area contributed by atoms with Crippen LogP contribution in [0, 0.1) is 12.7 Å².